The summed E-state index contributed by atoms with van der Waals surface area (Å²) in [6.07, 6.45) is 0.458. The Kier molecular flexibility index (Phi) is 4.03. The van der Waals surface area contributed by atoms with Crippen molar-refractivity contribution in [3.8, 4) is 0 Å². The number of hydrogen-bond acceptors (Lipinski definition) is 4. The number of nitrogens with two attached hydrogens (primary N) is 1. The van der Waals surface area contributed by atoms with E-state index in [0.29, 0.717) is 23.7 Å². The van der Waals surface area contributed by atoms with Crippen LogP contribution in [-0.2, 0) is 15.0 Å². The second kappa shape index (κ2) is 5.55. The highest BCUT2D eigenvalue weighted by Gasteiger charge is 2.20. The molecule has 1 amide bonds. The largest absolute Gasteiger partial charge is 0.326 e. The molecule has 1 aromatic carbocycles. The predicted molar refractivity (Wildman–Crippen MR) is 72.8 cm³/mol. The van der Waals surface area contributed by atoms with Gasteiger partial charge in [-0.05, 0) is 37.2 Å². The Labute approximate surface area is 111 Å². The van der Waals surface area contributed by atoms with Crippen molar-refractivity contribution in [1.82, 2.24) is 5.32 Å². The van der Waals surface area contributed by atoms with E-state index < -0.39 is 10.2 Å². The highest BCUT2D eigenvalue weighted by molar-refractivity contribution is 7.90. The van der Waals surface area contributed by atoms with Crippen molar-refractivity contribution in [2.24, 2.45) is 11.1 Å². The molecule has 0 saturated carbocycles. The first-order valence-electron chi connectivity index (χ1n) is 5.83. The van der Waals surface area contributed by atoms with E-state index in [0.717, 1.165) is 13.1 Å². The van der Waals surface area contributed by atoms with Crippen LogP contribution in [0.4, 0.5) is 11.4 Å². The van der Waals surface area contributed by atoms with E-state index in [1.54, 1.807) is 18.2 Å². The number of benzene rings is 1. The summed E-state index contributed by atoms with van der Waals surface area (Å²) in [4.78, 5) is 11.7. The fourth-order valence-electron chi connectivity index (χ4n) is 1.79. The van der Waals surface area contributed by atoms with Crippen LogP contribution in [0, 0.1) is 5.92 Å². The first-order valence-corrected chi connectivity index (χ1v) is 7.38. The van der Waals surface area contributed by atoms with Gasteiger partial charge in [0.15, 0.2) is 0 Å². The number of carbonyl (C=O) groups is 1. The van der Waals surface area contributed by atoms with E-state index in [1.165, 1.54) is 6.07 Å². The molecule has 19 heavy (non-hydrogen) atoms. The summed E-state index contributed by atoms with van der Waals surface area (Å²) in [5.74, 6) is 0.296. The van der Waals surface area contributed by atoms with Crippen LogP contribution in [0.5, 0.6) is 0 Å². The summed E-state index contributed by atoms with van der Waals surface area (Å²) < 4.78 is 23.9. The van der Waals surface area contributed by atoms with E-state index >= 15 is 0 Å². The Balaban J connectivity index is 1.96. The summed E-state index contributed by atoms with van der Waals surface area (Å²) in [7, 11) is -3.81. The lowest BCUT2D eigenvalue weighted by Gasteiger charge is -2.26. The Hall–Kier alpha value is -1.64. The molecule has 7 nitrogen and oxygen atoms in total. The average Bonchev–Trinajstić information content (AvgIpc) is 2.21. The van der Waals surface area contributed by atoms with Gasteiger partial charge in [-0.2, -0.15) is 8.42 Å². The molecular formula is C11H16N4O3S. The van der Waals surface area contributed by atoms with E-state index in [1.807, 2.05) is 0 Å². The number of hydrogen-bond donors (Lipinski definition) is 4. The number of nitrogens with one attached hydrogen (secondary N) is 3. The molecule has 5 N–H and O–H groups in total. The van der Waals surface area contributed by atoms with Crippen LogP contribution >= 0.6 is 0 Å². The normalized spacial score (nSPS) is 15.6. The lowest BCUT2D eigenvalue weighted by Crippen LogP contribution is -2.43. The van der Waals surface area contributed by atoms with Crippen LogP contribution in [0.25, 0.3) is 0 Å². The van der Waals surface area contributed by atoms with Gasteiger partial charge in [0.2, 0.25) is 5.91 Å². The van der Waals surface area contributed by atoms with Gasteiger partial charge in [-0.15, -0.1) is 0 Å². The molecular weight excluding hydrogens is 268 g/mol. The standard InChI is InChI=1S/C11H16N4O3S/c12-19(17,18)15-10-3-1-2-9(5-10)14-11(16)4-8-6-13-7-8/h1-3,5,8,13,15H,4,6-7H2,(H,14,16)(H2,12,17,18). The van der Waals surface area contributed by atoms with E-state index in [2.05, 4.69) is 15.4 Å². The third-order valence-electron chi connectivity index (χ3n) is 2.75. The number of amides is 1. The molecule has 1 aromatic rings. The van der Waals surface area contributed by atoms with Gasteiger partial charge in [0.25, 0.3) is 10.2 Å². The number of anilines is 2. The third kappa shape index (κ3) is 4.51. The van der Waals surface area contributed by atoms with Gasteiger partial charge >= 0.3 is 0 Å². The first-order chi connectivity index (χ1) is 8.92. The second-order valence-corrected chi connectivity index (χ2v) is 5.80. The zero-order valence-corrected chi connectivity index (χ0v) is 11.0. The van der Waals surface area contributed by atoms with Crippen LogP contribution in [0.15, 0.2) is 24.3 Å². The number of rotatable bonds is 5. The van der Waals surface area contributed by atoms with E-state index in [9.17, 15) is 13.2 Å². The van der Waals surface area contributed by atoms with Gasteiger partial charge in [0.05, 0.1) is 5.69 Å². The Bertz CT molecular complexity index is 569. The highest BCUT2D eigenvalue weighted by Crippen LogP contribution is 2.17. The molecule has 0 bridgehead atoms. The van der Waals surface area contributed by atoms with Crippen LogP contribution in [0.1, 0.15) is 6.42 Å². The van der Waals surface area contributed by atoms with E-state index in [-0.39, 0.29) is 5.91 Å². The van der Waals surface area contributed by atoms with Crippen molar-refractivity contribution in [3.63, 3.8) is 0 Å². The van der Waals surface area contributed by atoms with Crippen molar-refractivity contribution in [2.75, 3.05) is 23.1 Å². The van der Waals surface area contributed by atoms with Crippen LogP contribution in [0.2, 0.25) is 0 Å². The molecule has 104 valence electrons. The van der Waals surface area contributed by atoms with E-state index in [4.69, 9.17) is 5.14 Å². The maximum absolute atomic E-state index is 11.7. The second-order valence-electron chi connectivity index (χ2n) is 4.50. The summed E-state index contributed by atoms with van der Waals surface area (Å²) >= 11 is 0. The van der Waals surface area contributed by atoms with Gasteiger partial charge in [0.1, 0.15) is 0 Å². The molecule has 0 spiro atoms. The summed E-state index contributed by atoms with van der Waals surface area (Å²) in [5, 5.41) is 10.7. The molecule has 8 heteroatoms. The summed E-state index contributed by atoms with van der Waals surface area (Å²) in [6.45, 7) is 1.72. The van der Waals surface area contributed by atoms with Crippen molar-refractivity contribution < 1.29 is 13.2 Å². The minimum absolute atomic E-state index is 0.0840. The third-order valence-corrected chi connectivity index (χ3v) is 3.27. The molecule has 1 aliphatic heterocycles. The van der Waals surface area contributed by atoms with Crippen LogP contribution in [0.3, 0.4) is 0 Å². The fraction of sp³-hybridized carbons (Fsp3) is 0.364. The molecule has 0 radical (unpaired) electrons. The monoisotopic (exact) mass is 284 g/mol. The minimum atomic E-state index is -3.81. The van der Waals surface area contributed by atoms with Gasteiger partial charge < -0.3 is 10.6 Å². The van der Waals surface area contributed by atoms with Crippen LogP contribution < -0.4 is 20.5 Å². The zero-order chi connectivity index (χ0) is 13.9. The topological polar surface area (TPSA) is 113 Å². The van der Waals surface area contributed by atoms with Gasteiger partial charge in [0, 0.05) is 12.1 Å². The Morgan fingerprint density at radius 3 is 2.63 bits per heavy atom. The minimum Gasteiger partial charge on any atom is -0.326 e. The molecule has 0 aliphatic carbocycles. The SMILES string of the molecule is NS(=O)(=O)Nc1cccc(NC(=O)CC2CNC2)c1. The molecule has 0 aromatic heterocycles. The molecule has 0 unspecified atom stereocenters. The van der Waals surface area contributed by atoms with Gasteiger partial charge in [-0.3, -0.25) is 9.52 Å². The van der Waals surface area contributed by atoms with Crippen LogP contribution in [-0.4, -0.2) is 27.4 Å². The molecule has 1 heterocycles. The zero-order valence-electron chi connectivity index (χ0n) is 10.2. The van der Waals surface area contributed by atoms with Crippen molar-refractivity contribution in [2.45, 2.75) is 6.42 Å². The lowest BCUT2D eigenvalue weighted by molar-refractivity contribution is -0.117. The summed E-state index contributed by atoms with van der Waals surface area (Å²) in [6, 6.07) is 6.39. The summed E-state index contributed by atoms with van der Waals surface area (Å²) in [5.41, 5.74) is 0.844. The lowest BCUT2D eigenvalue weighted by atomic mass is 9.99. The highest BCUT2D eigenvalue weighted by atomic mass is 32.2. The first kappa shape index (κ1) is 13.8. The van der Waals surface area contributed by atoms with Gasteiger partial charge in [-0.25, -0.2) is 5.14 Å². The molecule has 1 aliphatic rings. The fourth-order valence-corrected chi connectivity index (χ4v) is 2.25. The maximum Gasteiger partial charge on any atom is 0.296 e. The molecule has 2 rings (SSSR count). The van der Waals surface area contributed by atoms with Crippen molar-refractivity contribution >= 4 is 27.5 Å². The molecule has 1 saturated heterocycles. The number of carbonyl (C=O) groups excluding carboxylic acids is 1. The smallest absolute Gasteiger partial charge is 0.296 e. The average molecular weight is 284 g/mol. The molecule has 1 fully saturated rings. The van der Waals surface area contributed by atoms with Gasteiger partial charge in [-0.1, -0.05) is 6.07 Å². The molecule has 0 atom stereocenters. The predicted octanol–water partition coefficient (Wildman–Crippen LogP) is -0.150. The quantitative estimate of drug-likeness (QED) is 0.602. The van der Waals surface area contributed by atoms with Crippen molar-refractivity contribution in [3.05, 3.63) is 24.3 Å². The Morgan fingerprint density at radius 2 is 2.05 bits per heavy atom. The Morgan fingerprint density at radius 1 is 1.37 bits per heavy atom. The van der Waals surface area contributed by atoms with Crippen molar-refractivity contribution in [1.29, 1.82) is 0 Å². The maximum atomic E-state index is 11.7.